The van der Waals surface area contributed by atoms with Crippen molar-refractivity contribution in [2.24, 2.45) is 23.7 Å². The van der Waals surface area contributed by atoms with E-state index in [0.717, 1.165) is 18.8 Å². The van der Waals surface area contributed by atoms with E-state index in [0.29, 0.717) is 17.4 Å². The van der Waals surface area contributed by atoms with Gasteiger partial charge < -0.3 is 5.11 Å². The third-order valence-corrected chi connectivity index (χ3v) is 4.69. The minimum atomic E-state index is -0.820. The van der Waals surface area contributed by atoms with E-state index >= 15 is 0 Å². The Morgan fingerprint density at radius 3 is 2.76 bits per heavy atom. The Labute approximate surface area is 103 Å². The fourth-order valence-corrected chi connectivity index (χ4v) is 3.61. The van der Waals surface area contributed by atoms with Crippen LogP contribution in [0.5, 0.6) is 0 Å². The average molecular weight is 234 g/mol. The average Bonchev–Trinajstić information content (AvgIpc) is 2.28. The zero-order chi connectivity index (χ0) is 12.6. The predicted octanol–water partition coefficient (Wildman–Crippen LogP) is 3.65. The van der Waals surface area contributed by atoms with Crippen molar-refractivity contribution in [3.8, 4) is 0 Å². The fourth-order valence-electron chi connectivity index (χ4n) is 3.61. The highest BCUT2D eigenvalue weighted by Gasteiger charge is 2.39. The number of hydrogen-bond donors (Lipinski definition) is 1. The third kappa shape index (κ3) is 2.31. The molecule has 2 aliphatic carbocycles. The van der Waals surface area contributed by atoms with E-state index in [1.807, 2.05) is 0 Å². The monoisotopic (exact) mass is 234 g/mol. The van der Waals surface area contributed by atoms with Crippen molar-refractivity contribution in [2.45, 2.75) is 39.5 Å². The molecule has 0 bridgehead atoms. The van der Waals surface area contributed by atoms with E-state index in [1.165, 1.54) is 18.4 Å². The number of rotatable bonds is 2. The zero-order valence-electron chi connectivity index (χ0n) is 10.8. The Bertz CT molecular complexity index is 367. The van der Waals surface area contributed by atoms with Crippen LogP contribution in [0.3, 0.4) is 0 Å². The standard InChI is InChI=1S/C15H22O2/c1-9-4-6-12-10(2)5-7-13(14(12)8-9)11(3)15(16)17/h8,10,12-14H,3-7H2,1-2H3,(H,16,17)/t10-,12+,13+,14-/m1/s1. The highest BCUT2D eigenvalue weighted by Crippen LogP contribution is 2.47. The maximum absolute atomic E-state index is 11.1. The van der Waals surface area contributed by atoms with E-state index in [1.54, 1.807) is 0 Å². The molecule has 2 aliphatic rings. The van der Waals surface area contributed by atoms with Crippen molar-refractivity contribution in [3.63, 3.8) is 0 Å². The fraction of sp³-hybridized carbons (Fsp3) is 0.667. The van der Waals surface area contributed by atoms with Gasteiger partial charge in [-0.3, -0.25) is 0 Å². The van der Waals surface area contributed by atoms with Gasteiger partial charge in [-0.1, -0.05) is 25.2 Å². The van der Waals surface area contributed by atoms with E-state index in [2.05, 4.69) is 26.5 Å². The smallest absolute Gasteiger partial charge is 0.331 e. The van der Waals surface area contributed by atoms with Gasteiger partial charge in [0.1, 0.15) is 0 Å². The van der Waals surface area contributed by atoms with E-state index in [-0.39, 0.29) is 5.92 Å². The van der Waals surface area contributed by atoms with Gasteiger partial charge in [0.15, 0.2) is 0 Å². The van der Waals surface area contributed by atoms with Gasteiger partial charge in [0, 0.05) is 5.57 Å². The first-order chi connectivity index (χ1) is 8.00. The van der Waals surface area contributed by atoms with Gasteiger partial charge in [0.05, 0.1) is 0 Å². The highest BCUT2D eigenvalue weighted by molar-refractivity contribution is 5.86. The molecule has 0 aromatic rings. The Kier molecular flexibility index (Phi) is 3.41. The molecule has 2 nitrogen and oxygen atoms in total. The number of carboxylic acids is 1. The van der Waals surface area contributed by atoms with Crippen molar-refractivity contribution in [2.75, 3.05) is 0 Å². The summed E-state index contributed by atoms with van der Waals surface area (Å²) in [5.41, 5.74) is 1.83. The second-order valence-corrected chi connectivity index (χ2v) is 5.78. The van der Waals surface area contributed by atoms with Gasteiger partial charge in [-0.25, -0.2) is 4.79 Å². The molecule has 0 aromatic carbocycles. The second-order valence-electron chi connectivity index (χ2n) is 5.78. The van der Waals surface area contributed by atoms with Crippen molar-refractivity contribution in [1.29, 1.82) is 0 Å². The number of carbonyl (C=O) groups is 1. The van der Waals surface area contributed by atoms with E-state index in [4.69, 9.17) is 5.11 Å². The summed E-state index contributed by atoms with van der Waals surface area (Å²) in [6, 6.07) is 0. The summed E-state index contributed by atoms with van der Waals surface area (Å²) in [7, 11) is 0. The SMILES string of the molecule is C=C(C(=O)O)[C@@H]1CC[C@@H](C)[C@@H]2CCC(C)=C[C@H]21. The minimum Gasteiger partial charge on any atom is -0.478 e. The molecule has 2 heteroatoms. The van der Waals surface area contributed by atoms with Crippen LogP contribution < -0.4 is 0 Å². The van der Waals surface area contributed by atoms with Gasteiger partial charge in [0.25, 0.3) is 0 Å². The summed E-state index contributed by atoms with van der Waals surface area (Å²) in [5.74, 6) is 1.13. The van der Waals surface area contributed by atoms with Gasteiger partial charge in [-0.15, -0.1) is 0 Å². The van der Waals surface area contributed by atoms with Crippen LogP contribution in [0, 0.1) is 23.7 Å². The topological polar surface area (TPSA) is 37.3 Å². The summed E-state index contributed by atoms with van der Waals surface area (Å²) in [6.45, 7) is 8.26. The summed E-state index contributed by atoms with van der Waals surface area (Å²) in [5, 5.41) is 9.14. The third-order valence-electron chi connectivity index (χ3n) is 4.69. The Hall–Kier alpha value is -1.05. The van der Waals surface area contributed by atoms with E-state index < -0.39 is 5.97 Å². The molecule has 1 N–H and O–H groups in total. The molecule has 1 saturated carbocycles. The first-order valence-electron chi connectivity index (χ1n) is 6.60. The number of allylic oxidation sites excluding steroid dienone is 2. The molecule has 2 rings (SSSR count). The Morgan fingerprint density at radius 2 is 2.12 bits per heavy atom. The molecule has 0 spiro atoms. The molecular formula is C15H22O2. The quantitative estimate of drug-likeness (QED) is 0.585. The van der Waals surface area contributed by atoms with Crippen LogP contribution >= 0.6 is 0 Å². The van der Waals surface area contributed by atoms with Crippen LogP contribution in [0.4, 0.5) is 0 Å². The van der Waals surface area contributed by atoms with Crippen molar-refractivity contribution >= 4 is 5.97 Å². The zero-order valence-corrected chi connectivity index (χ0v) is 10.8. The molecule has 0 amide bonds. The first kappa shape index (κ1) is 12.4. The number of carboxylic acid groups (broad SMARTS) is 1. The summed E-state index contributed by atoms with van der Waals surface area (Å²) >= 11 is 0. The molecule has 0 aromatic heterocycles. The molecule has 0 aliphatic heterocycles. The summed E-state index contributed by atoms with van der Waals surface area (Å²) in [6.07, 6.45) is 6.85. The lowest BCUT2D eigenvalue weighted by Crippen LogP contribution is -2.36. The molecule has 17 heavy (non-hydrogen) atoms. The highest BCUT2D eigenvalue weighted by atomic mass is 16.4. The molecule has 0 radical (unpaired) electrons. The van der Waals surface area contributed by atoms with Crippen molar-refractivity contribution in [3.05, 3.63) is 23.8 Å². The molecule has 0 saturated heterocycles. The molecule has 94 valence electrons. The number of fused-ring (bicyclic) bond motifs is 1. The largest absolute Gasteiger partial charge is 0.478 e. The summed E-state index contributed by atoms with van der Waals surface area (Å²) in [4.78, 5) is 11.1. The van der Waals surface area contributed by atoms with Crippen molar-refractivity contribution in [1.82, 2.24) is 0 Å². The lowest BCUT2D eigenvalue weighted by molar-refractivity contribution is -0.133. The molecular weight excluding hydrogens is 212 g/mol. The van der Waals surface area contributed by atoms with E-state index in [9.17, 15) is 4.79 Å². The molecule has 0 heterocycles. The minimum absolute atomic E-state index is 0.156. The lowest BCUT2D eigenvalue weighted by atomic mass is 9.61. The van der Waals surface area contributed by atoms with Gasteiger partial charge in [-0.05, 0) is 56.3 Å². The van der Waals surface area contributed by atoms with Gasteiger partial charge >= 0.3 is 5.97 Å². The Morgan fingerprint density at radius 1 is 1.41 bits per heavy atom. The lowest BCUT2D eigenvalue weighted by Gasteiger charge is -2.43. The number of aliphatic carboxylic acids is 1. The Balaban J connectivity index is 2.26. The maximum Gasteiger partial charge on any atom is 0.331 e. The van der Waals surface area contributed by atoms with Crippen molar-refractivity contribution < 1.29 is 9.90 Å². The summed E-state index contributed by atoms with van der Waals surface area (Å²) < 4.78 is 0. The molecule has 4 atom stereocenters. The van der Waals surface area contributed by atoms with Gasteiger partial charge in [0.2, 0.25) is 0 Å². The van der Waals surface area contributed by atoms with Crippen LogP contribution in [0.1, 0.15) is 39.5 Å². The van der Waals surface area contributed by atoms with Gasteiger partial charge in [-0.2, -0.15) is 0 Å². The van der Waals surface area contributed by atoms with Crippen LogP contribution in [0.15, 0.2) is 23.8 Å². The van der Waals surface area contributed by atoms with Crippen LogP contribution in [0.2, 0.25) is 0 Å². The normalized spacial score (nSPS) is 36.9. The molecule has 1 fully saturated rings. The molecule has 0 unspecified atom stereocenters. The number of hydrogen-bond acceptors (Lipinski definition) is 1. The predicted molar refractivity (Wildman–Crippen MR) is 68.6 cm³/mol. The maximum atomic E-state index is 11.1. The second kappa shape index (κ2) is 4.67. The van der Waals surface area contributed by atoms with Crippen LogP contribution in [0.25, 0.3) is 0 Å². The van der Waals surface area contributed by atoms with Crippen LogP contribution in [-0.2, 0) is 4.79 Å². The van der Waals surface area contributed by atoms with Crippen LogP contribution in [-0.4, -0.2) is 11.1 Å². The first-order valence-corrected chi connectivity index (χ1v) is 6.60.